The average Bonchev–Trinajstić information content (AvgIpc) is 3.51. The zero-order chi connectivity index (χ0) is 23.8. The summed E-state index contributed by atoms with van der Waals surface area (Å²) in [6.07, 6.45) is 9.09. The third kappa shape index (κ3) is 4.33. The van der Waals surface area contributed by atoms with Crippen molar-refractivity contribution in [2.24, 2.45) is 0 Å². The second-order valence-corrected chi connectivity index (χ2v) is 8.60. The number of fused-ring (bicyclic) bond motifs is 1. The van der Waals surface area contributed by atoms with E-state index < -0.39 is 0 Å². The topological polar surface area (TPSA) is 126 Å². The number of nitrogens with zero attached hydrogens (tertiary/aromatic N) is 5. The summed E-state index contributed by atoms with van der Waals surface area (Å²) in [6.45, 7) is 0.506. The first kappa shape index (κ1) is 21.0. The summed E-state index contributed by atoms with van der Waals surface area (Å²) in [5.41, 5.74) is 4.78. The minimum absolute atomic E-state index is 0.0463. The summed E-state index contributed by atoms with van der Waals surface area (Å²) >= 11 is 0. The molecule has 10 heteroatoms. The normalized spacial score (nSPS) is 16.6. The fraction of sp³-hybridized carbons (Fsp3) is 0.200. The molecule has 1 saturated heterocycles. The molecular weight excluding hydrogens is 444 g/mol. The lowest BCUT2D eigenvalue weighted by Gasteiger charge is -2.12. The molecule has 1 saturated carbocycles. The molecule has 174 valence electrons. The Morgan fingerprint density at radius 3 is 2.74 bits per heavy atom. The van der Waals surface area contributed by atoms with Gasteiger partial charge in [0.05, 0.1) is 12.6 Å². The molecule has 1 aliphatic heterocycles. The SMILES string of the molecule is O=C1C/C(=C\c2cnn3c(NC4CC4)nc(NCc4ccccc4-c4cccnc4)nc23)C(=O)N1. The smallest absolute Gasteiger partial charge is 0.254 e. The van der Waals surface area contributed by atoms with Crippen molar-refractivity contribution in [3.05, 3.63) is 71.7 Å². The van der Waals surface area contributed by atoms with Crippen LogP contribution in [0.5, 0.6) is 0 Å². The van der Waals surface area contributed by atoms with Gasteiger partial charge in [0.1, 0.15) is 0 Å². The lowest BCUT2D eigenvalue weighted by Crippen LogP contribution is -2.19. The Morgan fingerprint density at radius 1 is 1.09 bits per heavy atom. The van der Waals surface area contributed by atoms with Crippen LogP contribution < -0.4 is 16.0 Å². The van der Waals surface area contributed by atoms with Gasteiger partial charge < -0.3 is 10.6 Å². The van der Waals surface area contributed by atoms with Crippen molar-refractivity contribution in [1.29, 1.82) is 0 Å². The van der Waals surface area contributed by atoms with Crippen LogP contribution in [-0.4, -0.2) is 42.4 Å². The lowest BCUT2D eigenvalue weighted by molar-refractivity contribution is -0.124. The molecule has 2 aliphatic rings. The highest BCUT2D eigenvalue weighted by Gasteiger charge is 2.26. The van der Waals surface area contributed by atoms with Gasteiger partial charge in [-0.05, 0) is 36.1 Å². The number of aromatic nitrogens is 5. The molecular formula is C25H22N8O2. The third-order valence-corrected chi connectivity index (χ3v) is 5.96. The number of hydrogen-bond donors (Lipinski definition) is 3. The number of nitrogens with one attached hydrogen (secondary N) is 3. The standard InChI is InChI=1S/C25H22N8O2/c34-21-11-17(23(35)30-21)10-18-14-28-33-22(18)31-24(32-25(33)29-19-7-8-19)27-13-16-4-1-2-6-20(16)15-5-3-9-26-12-15/h1-6,9-10,12,14,19H,7-8,11,13H2,(H,30,34,35)(H2,27,29,31,32)/b17-10+. The van der Waals surface area contributed by atoms with E-state index >= 15 is 0 Å². The fourth-order valence-electron chi connectivity index (χ4n) is 4.04. The summed E-state index contributed by atoms with van der Waals surface area (Å²) in [7, 11) is 0. The number of pyridine rings is 1. The van der Waals surface area contributed by atoms with E-state index in [1.54, 1.807) is 23.0 Å². The summed E-state index contributed by atoms with van der Waals surface area (Å²) in [5.74, 6) is 0.328. The molecule has 10 nitrogen and oxygen atoms in total. The first-order valence-corrected chi connectivity index (χ1v) is 11.4. The largest absolute Gasteiger partial charge is 0.351 e. The van der Waals surface area contributed by atoms with Gasteiger partial charge in [-0.3, -0.25) is 19.9 Å². The van der Waals surface area contributed by atoms with Crippen molar-refractivity contribution >= 4 is 35.4 Å². The van der Waals surface area contributed by atoms with Gasteiger partial charge in [0.25, 0.3) is 5.91 Å². The summed E-state index contributed by atoms with van der Waals surface area (Å²) in [5, 5.41) is 13.5. The van der Waals surface area contributed by atoms with Gasteiger partial charge in [0.15, 0.2) is 5.65 Å². The minimum atomic E-state index is -0.384. The number of hydrogen-bond acceptors (Lipinski definition) is 8. The highest BCUT2D eigenvalue weighted by molar-refractivity contribution is 6.15. The molecule has 0 unspecified atom stereocenters. The predicted octanol–water partition coefficient (Wildman–Crippen LogP) is 2.80. The van der Waals surface area contributed by atoms with Gasteiger partial charge >= 0.3 is 0 Å². The Bertz CT molecular complexity index is 1470. The number of carbonyl (C=O) groups is 2. The maximum absolute atomic E-state index is 12.1. The summed E-state index contributed by atoms with van der Waals surface area (Å²) in [6, 6.07) is 12.4. The number of benzene rings is 1. The van der Waals surface area contributed by atoms with Crippen molar-refractivity contribution in [1.82, 2.24) is 29.9 Å². The molecule has 4 aromatic rings. The molecule has 1 aromatic carbocycles. The van der Waals surface area contributed by atoms with Crippen LogP contribution in [0.1, 0.15) is 30.4 Å². The van der Waals surface area contributed by atoms with Gasteiger partial charge in [-0.15, -0.1) is 0 Å². The van der Waals surface area contributed by atoms with Gasteiger partial charge in [-0.2, -0.15) is 19.6 Å². The van der Waals surface area contributed by atoms with Gasteiger partial charge in [-0.25, -0.2) is 0 Å². The van der Waals surface area contributed by atoms with E-state index in [1.807, 2.05) is 30.5 Å². The van der Waals surface area contributed by atoms with Crippen LogP contribution in [0.25, 0.3) is 22.9 Å². The number of anilines is 2. The van der Waals surface area contributed by atoms with Crippen molar-refractivity contribution in [2.45, 2.75) is 31.8 Å². The molecule has 3 N–H and O–H groups in total. The highest BCUT2D eigenvalue weighted by atomic mass is 16.2. The van der Waals surface area contributed by atoms with Crippen molar-refractivity contribution < 1.29 is 9.59 Å². The number of amides is 2. The first-order chi connectivity index (χ1) is 17.1. The Kier molecular flexibility index (Phi) is 5.17. The predicted molar refractivity (Wildman–Crippen MR) is 130 cm³/mol. The zero-order valence-corrected chi connectivity index (χ0v) is 18.7. The van der Waals surface area contributed by atoms with E-state index in [9.17, 15) is 9.59 Å². The molecule has 35 heavy (non-hydrogen) atoms. The summed E-state index contributed by atoms with van der Waals surface area (Å²) < 4.78 is 1.63. The number of carbonyl (C=O) groups excluding carboxylic acids is 2. The van der Waals surface area contributed by atoms with Crippen LogP contribution in [0.15, 0.2) is 60.6 Å². The molecule has 4 heterocycles. The second kappa shape index (κ2) is 8.64. The van der Waals surface area contributed by atoms with Crippen LogP contribution in [0.2, 0.25) is 0 Å². The van der Waals surface area contributed by atoms with Gasteiger partial charge in [-0.1, -0.05) is 30.3 Å². The summed E-state index contributed by atoms with van der Waals surface area (Å²) in [4.78, 5) is 37.3. The molecule has 6 rings (SSSR count). The van der Waals surface area contributed by atoms with E-state index in [-0.39, 0.29) is 18.2 Å². The Morgan fingerprint density at radius 2 is 1.97 bits per heavy atom. The van der Waals surface area contributed by atoms with Gasteiger partial charge in [0, 0.05) is 41.7 Å². The van der Waals surface area contributed by atoms with E-state index in [0.717, 1.165) is 29.5 Å². The van der Waals surface area contributed by atoms with Crippen molar-refractivity contribution in [2.75, 3.05) is 10.6 Å². The van der Waals surface area contributed by atoms with Gasteiger partial charge in [0.2, 0.25) is 17.8 Å². The van der Waals surface area contributed by atoms with E-state index in [2.05, 4.69) is 43.1 Å². The molecule has 0 spiro atoms. The fourth-order valence-corrected chi connectivity index (χ4v) is 4.04. The molecule has 3 aromatic heterocycles. The number of rotatable bonds is 7. The molecule has 2 fully saturated rings. The third-order valence-electron chi connectivity index (χ3n) is 5.96. The average molecular weight is 467 g/mol. The Balaban J connectivity index is 1.34. The van der Waals surface area contributed by atoms with E-state index in [0.29, 0.717) is 41.3 Å². The lowest BCUT2D eigenvalue weighted by atomic mass is 10.0. The Labute approximate surface area is 200 Å². The maximum Gasteiger partial charge on any atom is 0.254 e. The van der Waals surface area contributed by atoms with E-state index in [4.69, 9.17) is 4.98 Å². The zero-order valence-electron chi connectivity index (χ0n) is 18.7. The number of imide groups is 1. The minimum Gasteiger partial charge on any atom is -0.351 e. The van der Waals surface area contributed by atoms with Crippen LogP contribution in [0.3, 0.4) is 0 Å². The van der Waals surface area contributed by atoms with E-state index in [1.165, 1.54) is 0 Å². The van der Waals surface area contributed by atoms with Crippen molar-refractivity contribution in [3.8, 4) is 11.1 Å². The van der Waals surface area contributed by atoms with Crippen LogP contribution in [-0.2, 0) is 16.1 Å². The Hall–Kier alpha value is -4.60. The molecule has 2 amide bonds. The van der Waals surface area contributed by atoms with Crippen molar-refractivity contribution in [3.63, 3.8) is 0 Å². The second-order valence-electron chi connectivity index (χ2n) is 8.60. The first-order valence-electron chi connectivity index (χ1n) is 11.4. The quantitative estimate of drug-likeness (QED) is 0.280. The van der Waals surface area contributed by atoms with Crippen LogP contribution >= 0.6 is 0 Å². The molecule has 1 aliphatic carbocycles. The monoisotopic (exact) mass is 466 g/mol. The van der Waals surface area contributed by atoms with Crippen LogP contribution in [0.4, 0.5) is 11.9 Å². The molecule has 0 radical (unpaired) electrons. The van der Waals surface area contributed by atoms with Crippen LogP contribution in [0, 0.1) is 0 Å². The highest BCUT2D eigenvalue weighted by Crippen LogP contribution is 2.27. The molecule has 0 atom stereocenters. The molecule has 0 bridgehead atoms. The maximum atomic E-state index is 12.1.